The molecule has 1 aliphatic rings. The molecule has 0 radical (unpaired) electrons. The molecule has 1 aliphatic carbocycles. The first kappa shape index (κ1) is 13.9. The van der Waals surface area contributed by atoms with Crippen molar-refractivity contribution in [1.29, 1.82) is 0 Å². The Labute approximate surface area is 127 Å². The maximum atomic E-state index is 11.9. The lowest BCUT2D eigenvalue weighted by Crippen LogP contribution is -2.21. The first-order valence-electron chi connectivity index (χ1n) is 6.88. The smallest absolute Gasteiger partial charge is 0.263 e. The Balaban J connectivity index is 1.59. The minimum Gasteiger partial charge on any atom is -0.483 e. The molecule has 3 rings (SSSR count). The van der Waals surface area contributed by atoms with Gasteiger partial charge in [-0.15, -0.1) is 0 Å². The number of aromatic amines is 1. The van der Waals surface area contributed by atoms with E-state index < -0.39 is 0 Å². The number of amides is 1. The van der Waals surface area contributed by atoms with E-state index in [4.69, 9.17) is 16.3 Å². The van der Waals surface area contributed by atoms with Crippen LogP contribution in [0.25, 0.3) is 0 Å². The minimum atomic E-state index is -0.217. The molecule has 0 saturated heterocycles. The summed E-state index contributed by atoms with van der Waals surface area (Å²) >= 11 is 5.88. The normalized spacial score (nSPS) is 13.0. The molecule has 1 amide bonds. The van der Waals surface area contributed by atoms with Gasteiger partial charge in [-0.25, -0.2) is 0 Å². The first-order chi connectivity index (χ1) is 10.1. The third-order valence-electron chi connectivity index (χ3n) is 3.56. The Morgan fingerprint density at radius 2 is 2.33 bits per heavy atom. The Kier molecular flexibility index (Phi) is 3.84. The highest BCUT2D eigenvalue weighted by molar-refractivity contribution is 6.30. The van der Waals surface area contributed by atoms with Gasteiger partial charge in [0.05, 0.1) is 0 Å². The van der Waals surface area contributed by atoms with Crippen LogP contribution in [0.4, 0.5) is 5.82 Å². The van der Waals surface area contributed by atoms with Crippen molar-refractivity contribution in [3.05, 3.63) is 40.0 Å². The van der Waals surface area contributed by atoms with Gasteiger partial charge in [-0.2, -0.15) is 5.10 Å². The Bertz CT molecular complexity index is 682. The Hall–Kier alpha value is -2.01. The molecule has 0 unspecified atom stereocenters. The number of aromatic nitrogens is 2. The second-order valence-electron chi connectivity index (χ2n) is 5.13. The van der Waals surface area contributed by atoms with Gasteiger partial charge in [0.25, 0.3) is 5.91 Å². The third-order valence-corrected chi connectivity index (χ3v) is 3.80. The lowest BCUT2D eigenvalue weighted by atomic mass is 10.2. The van der Waals surface area contributed by atoms with Gasteiger partial charge in [0.2, 0.25) is 0 Å². The molecule has 0 fully saturated rings. The van der Waals surface area contributed by atoms with Crippen LogP contribution in [0.15, 0.2) is 18.2 Å². The zero-order valence-electron chi connectivity index (χ0n) is 11.7. The SMILES string of the molecule is Cc1cc(Cl)ccc1OCC(=O)Nc1n[nH]c2c1CCC2. The standard InChI is InChI=1S/C15H16ClN3O2/c1-9-7-10(16)5-6-13(9)21-8-14(20)17-15-11-3-2-4-12(11)18-19-15/h5-7H,2-4,8H2,1H3,(H2,17,18,19,20). The number of halogens is 1. The number of aryl methyl sites for hydroxylation is 2. The van der Waals surface area contributed by atoms with Crippen molar-refractivity contribution in [3.63, 3.8) is 0 Å². The number of fused-ring (bicyclic) bond motifs is 1. The van der Waals surface area contributed by atoms with E-state index in [1.807, 2.05) is 6.92 Å². The average Bonchev–Trinajstić information content (AvgIpc) is 3.03. The molecular weight excluding hydrogens is 290 g/mol. The second-order valence-corrected chi connectivity index (χ2v) is 5.57. The van der Waals surface area contributed by atoms with Crippen LogP contribution in [-0.2, 0) is 17.6 Å². The third kappa shape index (κ3) is 3.03. The van der Waals surface area contributed by atoms with Crippen LogP contribution in [0.5, 0.6) is 5.75 Å². The molecule has 5 nitrogen and oxygen atoms in total. The fourth-order valence-electron chi connectivity index (χ4n) is 2.51. The summed E-state index contributed by atoms with van der Waals surface area (Å²) < 4.78 is 5.51. The monoisotopic (exact) mass is 305 g/mol. The van der Waals surface area contributed by atoms with Crippen molar-refractivity contribution in [2.75, 3.05) is 11.9 Å². The fraction of sp³-hybridized carbons (Fsp3) is 0.333. The predicted molar refractivity (Wildman–Crippen MR) is 80.9 cm³/mol. The van der Waals surface area contributed by atoms with E-state index in [-0.39, 0.29) is 12.5 Å². The summed E-state index contributed by atoms with van der Waals surface area (Å²) in [6.45, 7) is 1.84. The lowest BCUT2D eigenvalue weighted by molar-refractivity contribution is -0.118. The van der Waals surface area contributed by atoms with Gasteiger partial charge < -0.3 is 10.1 Å². The molecule has 6 heteroatoms. The number of H-pyrrole nitrogens is 1. The molecule has 1 aromatic carbocycles. The van der Waals surface area contributed by atoms with Gasteiger partial charge in [0.15, 0.2) is 12.4 Å². The minimum absolute atomic E-state index is 0.0515. The highest BCUT2D eigenvalue weighted by atomic mass is 35.5. The molecule has 0 atom stereocenters. The lowest BCUT2D eigenvalue weighted by Gasteiger charge is -2.09. The van der Waals surface area contributed by atoms with E-state index >= 15 is 0 Å². The number of hydrogen-bond donors (Lipinski definition) is 2. The topological polar surface area (TPSA) is 67.0 Å². The molecule has 2 N–H and O–H groups in total. The van der Waals surface area contributed by atoms with Crippen molar-refractivity contribution < 1.29 is 9.53 Å². The van der Waals surface area contributed by atoms with E-state index in [2.05, 4.69) is 15.5 Å². The van der Waals surface area contributed by atoms with Crippen LogP contribution in [0.1, 0.15) is 23.2 Å². The molecule has 2 aromatic rings. The number of nitrogens with zero attached hydrogens (tertiary/aromatic N) is 1. The number of ether oxygens (including phenoxy) is 1. The zero-order chi connectivity index (χ0) is 14.8. The summed E-state index contributed by atoms with van der Waals surface area (Å²) in [6.07, 6.45) is 3.06. The Morgan fingerprint density at radius 1 is 1.48 bits per heavy atom. The van der Waals surface area contributed by atoms with Crippen molar-refractivity contribution >= 4 is 23.3 Å². The molecule has 0 aliphatic heterocycles. The summed E-state index contributed by atoms with van der Waals surface area (Å²) in [7, 11) is 0. The maximum Gasteiger partial charge on any atom is 0.263 e. The number of nitrogens with one attached hydrogen (secondary N) is 2. The maximum absolute atomic E-state index is 11.9. The second kappa shape index (κ2) is 5.77. The molecule has 21 heavy (non-hydrogen) atoms. The van der Waals surface area contributed by atoms with Crippen molar-refractivity contribution in [1.82, 2.24) is 10.2 Å². The van der Waals surface area contributed by atoms with Crippen molar-refractivity contribution in [2.24, 2.45) is 0 Å². The highest BCUT2D eigenvalue weighted by Crippen LogP contribution is 2.26. The molecule has 1 aromatic heterocycles. The molecular formula is C15H16ClN3O2. The van der Waals surface area contributed by atoms with Crippen LogP contribution in [0.3, 0.4) is 0 Å². The molecule has 1 heterocycles. The van der Waals surface area contributed by atoms with Gasteiger partial charge in [-0.05, 0) is 49.9 Å². The van der Waals surface area contributed by atoms with Gasteiger partial charge in [0, 0.05) is 16.3 Å². The van der Waals surface area contributed by atoms with Gasteiger partial charge in [-0.1, -0.05) is 11.6 Å². The van der Waals surface area contributed by atoms with E-state index in [0.717, 1.165) is 36.1 Å². The van der Waals surface area contributed by atoms with Gasteiger partial charge in [0.1, 0.15) is 5.75 Å². The largest absolute Gasteiger partial charge is 0.483 e. The number of anilines is 1. The number of carbonyl (C=O) groups is 1. The molecule has 0 saturated carbocycles. The quantitative estimate of drug-likeness (QED) is 0.912. The summed E-state index contributed by atoms with van der Waals surface area (Å²) in [4.78, 5) is 11.9. The highest BCUT2D eigenvalue weighted by Gasteiger charge is 2.19. The molecule has 110 valence electrons. The number of rotatable bonds is 4. The van der Waals surface area contributed by atoms with E-state index in [1.54, 1.807) is 18.2 Å². The first-order valence-corrected chi connectivity index (χ1v) is 7.26. The van der Waals surface area contributed by atoms with Crippen LogP contribution in [0, 0.1) is 6.92 Å². The predicted octanol–water partition coefficient (Wildman–Crippen LogP) is 2.88. The van der Waals surface area contributed by atoms with Crippen molar-refractivity contribution in [3.8, 4) is 5.75 Å². The average molecular weight is 306 g/mol. The van der Waals surface area contributed by atoms with E-state index in [9.17, 15) is 4.79 Å². The van der Waals surface area contributed by atoms with Gasteiger partial charge in [-0.3, -0.25) is 9.89 Å². The van der Waals surface area contributed by atoms with Crippen LogP contribution < -0.4 is 10.1 Å². The molecule has 0 spiro atoms. The van der Waals surface area contributed by atoms with Gasteiger partial charge >= 0.3 is 0 Å². The van der Waals surface area contributed by atoms with E-state index in [1.165, 1.54) is 0 Å². The number of benzene rings is 1. The van der Waals surface area contributed by atoms with Crippen LogP contribution >= 0.6 is 11.6 Å². The zero-order valence-corrected chi connectivity index (χ0v) is 12.5. The number of carbonyl (C=O) groups excluding carboxylic acids is 1. The Morgan fingerprint density at radius 3 is 3.14 bits per heavy atom. The summed E-state index contributed by atoms with van der Waals surface area (Å²) in [5.74, 6) is 1.07. The van der Waals surface area contributed by atoms with Crippen LogP contribution in [0.2, 0.25) is 5.02 Å². The summed E-state index contributed by atoms with van der Waals surface area (Å²) in [5.41, 5.74) is 3.14. The van der Waals surface area contributed by atoms with Crippen LogP contribution in [-0.4, -0.2) is 22.7 Å². The summed E-state index contributed by atoms with van der Waals surface area (Å²) in [6, 6.07) is 5.30. The molecule has 0 bridgehead atoms. The number of hydrogen-bond acceptors (Lipinski definition) is 3. The van der Waals surface area contributed by atoms with Crippen molar-refractivity contribution in [2.45, 2.75) is 26.2 Å². The summed E-state index contributed by atoms with van der Waals surface area (Å²) in [5, 5.41) is 10.5. The fourth-order valence-corrected chi connectivity index (χ4v) is 2.74. The van der Waals surface area contributed by atoms with E-state index in [0.29, 0.717) is 16.6 Å².